The molecule has 1 aromatic carbocycles. The molecule has 1 heterocycles. The van der Waals surface area contributed by atoms with Crippen LogP contribution in [-0.4, -0.2) is 35.6 Å². The number of anilines is 1. The minimum Gasteiger partial charge on any atom is -0.478 e. The van der Waals surface area contributed by atoms with E-state index >= 15 is 0 Å². The lowest BCUT2D eigenvalue weighted by Crippen LogP contribution is -2.49. The van der Waals surface area contributed by atoms with Gasteiger partial charge in [0.15, 0.2) is 0 Å². The van der Waals surface area contributed by atoms with Crippen molar-refractivity contribution in [2.75, 3.05) is 11.9 Å². The van der Waals surface area contributed by atoms with Gasteiger partial charge in [-0.3, -0.25) is 4.79 Å². The van der Waals surface area contributed by atoms with E-state index in [4.69, 9.17) is 5.11 Å². The second-order valence-electron chi connectivity index (χ2n) is 4.99. The normalized spacial score (nSPS) is 17.8. The standard InChI is InChI=1S/C14H17N3O4/c1-8-2-4-11(10(6-8)13(19)20)17-14(21)16-9-3-5-12(18)15-7-9/h2,4,6,9H,3,5,7H2,1H3,(H,15,18)(H,19,20)(H2,16,17,21). The molecule has 0 aromatic heterocycles. The fourth-order valence-electron chi connectivity index (χ4n) is 2.14. The molecule has 1 aromatic rings. The monoisotopic (exact) mass is 291 g/mol. The van der Waals surface area contributed by atoms with Gasteiger partial charge in [0.1, 0.15) is 0 Å². The number of hydrogen-bond donors (Lipinski definition) is 4. The van der Waals surface area contributed by atoms with Crippen LogP contribution in [0.4, 0.5) is 10.5 Å². The van der Waals surface area contributed by atoms with Crippen LogP contribution in [0.3, 0.4) is 0 Å². The molecule has 3 amide bonds. The van der Waals surface area contributed by atoms with Gasteiger partial charge in [-0.15, -0.1) is 0 Å². The van der Waals surface area contributed by atoms with Crippen molar-refractivity contribution in [3.05, 3.63) is 29.3 Å². The highest BCUT2D eigenvalue weighted by Gasteiger charge is 2.20. The van der Waals surface area contributed by atoms with Crippen molar-refractivity contribution in [1.82, 2.24) is 10.6 Å². The van der Waals surface area contributed by atoms with Crippen LogP contribution in [0.15, 0.2) is 18.2 Å². The number of amides is 3. The zero-order valence-electron chi connectivity index (χ0n) is 11.6. The van der Waals surface area contributed by atoms with E-state index in [1.54, 1.807) is 19.1 Å². The van der Waals surface area contributed by atoms with E-state index in [2.05, 4.69) is 16.0 Å². The summed E-state index contributed by atoms with van der Waals surface area (Å²) in [5, 5.41) is 17.0. The zero-order chi connectivity index (χ0) is 15.4. The smallest absolute Gasteiger partial charge is 0.337 e. The highest BCUT2D eigenvalue weighted by atomic mass is 16.4. The molecule has 1 aliphatic heterocycles. The SMILES string of the molecule is Cc1ccc(NC(=O)NC2CCC(=O)NC2)c(C(=O)O)c1. The molecule has 0 saturated carbocycles. The van der Waals surface area contributed by atoms with Gasteiger partial charge in [0, 0.05) is 19.0 Å². The lowest BCUT2D eigenvalue weighted by atomic mass is 10.1. The highest BCUT2D eigenvalue weighted by Crippen LogP contribution is 2.17. The third-order valence-corrected chi connectivity index (χ3v) is 3.25. The molecule has 21 heavy (non-hydrogen) atoms. The molecule has 0 aliphatic carbocycles. The largest absolute Gasteiger partial charge is 0.478 e. The summed E-state index contributed by atoms with van der Waals surface area (Å²) in [6.45, 7) is 2.16. The molecule has 1 atom stereocenters. The quantitative estimate of drug-likeness (QED) is 0.668. The highest BCUT2D eigenvalue weighted by molar-refractivity contribution is 6.00. The first-order valence-corrected chi connectivity index (χ1v) is 6.64. The van der Waals surface area contributed by atoms with Gasteiger partial charge in [-0.25, -0.2) is 9.59 Å². The Bertz CT molecular complexity index is 576. The van der Waals surface area contributed by atoms with Gasteiger partial charge in [-0.2, -0.15) is 0 Å². The number of benzene rings is 1. The number of aryl methyl sites for hydroxylation is 1. The third kappa shape index (κ3) is 3.95. The number of carboxylic acids is 1. The predicted molar refractivity (Wildman–Crippen MR) is 76.3 cm³/mol. The molecule has 112 valence electrons. The minimum atomic E-state index is -1.10. The molecule has 7 nitrogen and oxygen atoms in total. The van der Waals surface area contributed by atoms with Crippen LogP contribution in [-0.2, 0) is 4.79 Å². The van der Waals surface area contributed by atoms with E-state index in [1.165, 1.54) is 6.07 Å². The van der Waals surface area contributed by atoms with E-state index in [-0.39, 0.29) is 23.2 Å². The van der Waals surface area contributed by atoms with Crippen LogP contribution in [0.25, 0.3) is 0 Å². The Hall–Kier alpha value is -2.57. The number of rotatable bonds is 3. The van der Waals surface area contributed by atoms with Crippen molar-refractivity contribution in [3.8, 4) is 0 Å². The molecule has 0 radical (unpaired) electrons. The molecule has 7 heteroatoms. The Morgan fingerprint density at radius 3 is 2.76 bits per heavy atom. The molecule has 2 rings (SSSR count). The summed E-state index contributed by atoms with van der Waals surface area (Å²) >= 11 is 0. The first-order valence-electron chi connectivity index (χ1n) is 6.64. The molecular formula is C14H17N3O4. The molecule has 4 N–H and O–H groups in total. The predicted octanol–water partition coefficient (Wildman–Crippen LogP) is 1.09. The molecular weight excluding hydrogens is 274 g/mol. The van der Waals surface area contributed by atoms with Gasteiger partial charge in [0.2, 0.25) is 5.91 Å². The fourth-order valence-corrected chi connectivity index (χ4v) is 2.14. The molecule has 1 fully saturated rings. The van der Waals surface area contributed by atoms with Crippen LogP contribution in [0, 0.1) is 6.92 Å². The Kier molecular flexibility index (Phi) is 4.42. The average molecular weight is 291 g/mol. The Morgan fingerprint density at radius 2 is 2.14 bits per heavy atom. The second-order valence-corrected chi connectivity index (χ2v) is 4.99. The van der Waals surface area contributed by atoms with E-state index < -0.39 is 12.0 Å². The van der Waals surface area contributed by atoms with Crippen molar-refractivity contribution in [2.45, 2.75) is 25.8 Å². The number of piperidine rings is 1. The van der Waals surface area contributed by atoms with Crippen LogP contribution < -0.4 is 16.0 Å². The summed E-state index contributed by atoms with van der Waals surface area (Å²) in [6, 6.07) is 4.15. The van der Waals surface area contributed by atoms with E-state index in [9.17, 15) is 14.4 Å². The maximum Gasteiger partial charge on any atom is 0.337 e. The number of carboxylic acid groups (broad SMARTS) is 1. The van der Waals surface area contributed by atoms with Gasteiger partial charge < -0.3 is 21.1 Å². The van der Waals surface area contributed by atoms with Crippen molar-refractivity contribution < 1.29 is 19.5 Å². The van der Waals surface area contributed by atoms with Gasteiger partial charge in [0.25, 0.3) is 0 Å². The number of carbonyl (C=O) groups excluding carboxylic acids is 2. The summed E-state index contributed by atoms with van der Waals surface area (Å²) in [6.07, 6.45) is 0.939. The summed E-state index contributed by atoms with van der Waals surface area (Å²) in [7, 11) is 0. The molecule has 1 saturated heterocycles. The molecule has 1 unspecified atom stereocenters. The summed E-state index contributed by atoms with van der Waals surface area (Å²) in [5.41, 5.74) is 1.08. The number of urea groups is 1. The number of aromatic carboxylic acids is 1. The molecule has 1 aliphatic rings. The topological polar surface area (TPSA) is 108 Å². The lowest BCUT2D eigenvalue weighted by Gasteiger charge is -2.23. The van der Waals surface area contributed by atoms with Crippen molar-refractivity contribution in [3.63, 3.8) is 0 Å². The summed E-state index contributed by atoms with van der Waals surface area (Å²) < 4.78 is 0. The zero-order valence-corrected chi connectivity index (χ0v) is 11.6. The van der Waals surface area contributed by atoms with E-state index in [0.717, 1.165) is 5.56 Å². The van der Waals surface area contributed by atoms with E-state index in [0.29, 0.717) is 19.4 Å². The Morgan fingerprint density at radius 1 is 1.38 bits per heavy atom. The van der Waals surface area contributed by atoms with Gasteiger partial charge in [0.05, 0.1) is 11.3 Å². The molecule has 0 spiro atoms. The number of hydrogen-bond acceptors (Lipinski definition) is 3. The second kappa shape index (κ2) is 6.25. The Balaban J connectivity index is 1.99. The minimum absolute atomic E-state index is 0.0276. The van der Waals surface area contributed by atoms with Crippen LogP contribution in [0.2, 0.25) is 0 Å². The van der Waals surface area contributed by atoms with Crippen molar-refractivity contribution in [1.29, 1.82) is 0 Å². The maximum atomic E-state index is 11.9. The van der Waals surface area contributed by atoms with Gasteiger partial charge in [-0.05, 0) is 25.5 Å². The lowest BCUT2D eigenvalue weighted by molar-refractivity contribution is -0.122. The first kappa shape index (κ1) is 14.8. The van der Waals surface area contributed by atoms with Crippen LogP contribution >= 0.6 is 0 Å². The summed E-state index contributed by atoms with van der Waals surface area (Å²) in [4.78, 5) is 34.1. The summed E-state index contributed by atoms with van der Waals surface area (Å²) in [5.74, 6) is -1.13. The molecule has 0 bridgehead atoms. The maximum absolute atomic E-state index is 11.9. The third-order valence-electron chi connectivity index (χ3n) is 3.25. The number of nitrogens with one attached hydrogen (secondary N) is 3. The Labute approximate surface area is 121 Å². The van der Waals surface area contributed by atoms with Gasteiger partial charge in [-0.1, -0.05) is 11.6 Å². The van der Waals surface area contributed by atoms with Crippen LogP contribution in [0.5, 0.6) is 0 Å². The van der Waals surface area contributed by atoms with Crippen molar-refractivity contribution in [2.24, 2.45) is 0 Å². The average Bonchev–Trinajstić information content (AvgIpc) is 2.43. The van der Waals surface area contributed by atoms with Gasteiger partial charge >= 0.3 is 12.0 Å². The number of carbonyl (C=O) groups is 3. The fraction of sp³-hybridized carbons (Fsp3) is 0.357. The van der Waals surface area contributed by atoms with Crippen LogP contribution in [0.1, 0.15) is 28.8 Å². The van der Waals surface area contributed by atoms with E-state index in [1.807, 2.05) is 0 Å². The first-order chi connectivity index (χ1) is 9.95. The van der Waals surface area contributed by atoms with Crippen molar-refractivity contribution >= 4 is 23.6 Å².